The van der Waals surface area contributed by atoms with Crippen LogP contribution in [0.5, 0.6) is 0 Å². The predicted molar refractivity (Wildman–Crippen MR) is 67.7 cm³/mol. The first kappa shape index (κ1) is 18.0. The number of carbonyl (C=O) groups excluding carboxylic acids is 1. The van der Waals surface area contributed by atoms with Crippen molar-refractivity contribution in [3.63, 3.8) is 0 Å². The Hall–Kier alpha value is -0.410. The van der Waals surface area contributed by atoms with Gasteiger partial charge >= 0.3 is 0 Å². The van der Waals surface area contributed by atoms with Crippen molar-refractivity contribution in [1.82, 2.24) is 0 Å². The molecule has 0 aromatic rings. The zero-order chi connectivity index (χ0) is 12.8. The van der Waals surface area contributed by atoms with Crippen molar-refractivity contribution >= 4 is 6.29 Å². The van der Waals surface area contributed by atoms with Gasteiger partial charge in [-0.3, -0.25) is 0 Å². The summed E-state index contributed by atoms with van der Waals surface area (Å²) in [7, 11) is 1.68. The largest absolute Gasteiger partial charge is 0.385 e. The second kappa shape index (κ2) is 14.6. The highest BCUT2D eigenvalue weighted by Gasteiger charge is 2.21. The molecule has 3 heteroatoms. The number of hydrogen-bond acceptors (Lipinski definition) is 3. The van der Waals surface area contributed by atoms with Crippen LogP contribution >= 0.6 is 0 Å². The number of carbonyl (C=O) groups is 1. The van der Waals surface area contributed by atoms with Gasteiger partial charge in [-0.2, -0.15) is 0 Å². The van der Waals surface area contributed by atoms with Crippen LogP contribution in [-0.4, -0.2) is 32.7 Å². The highest BCUT2D eigenvalue weighted by molar-refractivity contribution is 5.50. The molecule has 0 saturated heterocycles. The van der Waals surface area contributed by atoms with Crippen molar-refractivity contribution in [2.45, 2.75) is 53.1 Å². The van der Waals surface area contributed by atoms with Crippen LogP contribution in [-0.2, 0) is 14.3 Å². The van der Waals surface area contributed by atoms with E-state index in [0.717, 1.165) is 31.7 Å². The minimum absolute atomic E-state index is 0.275. The van der Waals surface area contributed by atoms with Crippen LogP contribution in [0.25, 0.3) is 0 Å². The molecular weight excluding hydrogens is 204 g/mol. The maximum Gasteiger partial charge on any atom is 0.145 e. The summed E-state index contributed by atoms with van der Waals surface area (Å²) in [6.07, 6.45) is 4.70. The number of hydrogen-bond donors (Lipinski definition) is 0. The second-order valence-electron chi connectivity index (χ2n) is 3.62. The van der Waals surface area contributed by atoms with E-state index in [9.17, 15) is 4.79 Å². The van der Waals surface area contributed by atoms with Crippen LogP contribution in [0.3, 0.4) is 0 Å². The summed E-state index contributed by atoms with van der Waals surface area (Å²) in [4.78, 5) is 9.92. The van der Waals surface area contributed by atoms with E-state index in [-0.39, 0.29) is 6.61 Å². The third-order valence-corrected chi connectivity index (χ3v) is 2.34. The summed E-state index contributed by atoms with van der Waals surface area (Å²) in [5.41, 5.74) is 0. The molecule has 1 aliphatic carbocycles. The molecule has 2 atom stereocenters. The first-order valence-electron chi connectivity index (χ1n) is 6.28. The van der Waals surface area contributed by atoms with Gasteiger partial charge in [0.15, 0.2) is 0 Å². The zero-order valence-corrected chi connectivity index (χ0v) is 11.5. The topological polar surface area (TPSA) is 35.5 Å². The molecule has 98 valence electrons. The van der Waals surface area contributed by atoms with Gasteiger partial charge in [0.2, 0.25) is 0 Å². The number of rotatable bonds is 4. The van der Waals surface area contributed by atoms with Crippen molar-refractivity contribution in [1.29, 1.82) is 0 Å². The van der Waals surface area contributed by atoms with Crippen molar-refractivity contribution in [2.75, 3.05) is 20.3 Å². The second-order valence-corrected chi connectivity index (χ2v) is 3.62. The lowest BCUT2D eigenvalue weighted by Crippen LogP contribution is -2.09. The van der Waals surface area contributed by atoms with Crippen molar-refractivity contribution in [3.05, 3.63) is 0 Å². The average molecular weight is 232 g/mol. The van der Waals surface area contributed by atoms with Gasteiger partial charge in [0.1, 0.15) is 12.9 Å². The fraction of sp³-hybridized carbons (Fsp3) is 0.923. The van der Waals surface area contributed by atoms with Crippen LogP contribution in [0.15, 0.2) is 0 Å². The van der Waals surface area contributed by atoms with Crippen LogP contribution in [0.2, 0.25) is 0 Å². The molecule has 1 fully saturated rings. The smallest absolute Gasteiger partial charge is 0.145 e. The lowest BCUT2D eigenvalue weighted by Gasteiger charge is -2.07. The summed E-state index contributed by atoms with van der Waals surface area (Å²) in [5.74, 6) is 0.789. The lowest BCUT2D eigenvalue weighted by molar-refractivity contribution is -0.113. The predicted octanol–water partition coefficient (Wildman–Crippen LogP) is 3.07. The van der Waals surface area contributed by atoms with Gasteiger partial charge in [-0.1, -0.05) is 20.8 Å². The van der Waals surface area contributed by atoms with Gasteiger partial charge in [0.25, 0.3) is 0 Å². The fourth-order valence-corrected chi connectivity index (χ4v) is 1.48. The Labute approximate surface area is 101 Å². The van der Waals surface area contributed by atoms with Crippen LogP contribution in [0, 0.1) is 5.92 Å². The highest BCUT2D eigenvalue weighted by atomic mass is 16.5. The van der Waals surface area contributed by atoms with E-state index in [0.29, 0.717) is 6.10 Å². The van der Waals surface area contributed by atoms with Crippen molar-refractivity contribution < 1.29 is 14.3 Å². The maximum absolute atomic E-state index is 9.92. The summed E-state index contributed by atoms with van der Waals surface area (Å²) >= 11 is 0. The molecule has 0 aromatic carbocycles. The van der Waals surface area contributed by atoms with Gasteiger partial charge < -0.3 is 14.3 Å². The van der Waals surface area contributed by atoms with Crippen LogP contribution in [0.1, 0.15) is 47.0 Å². The molecule has 0 aromatic heterocycles. The van der Waals surface area contributed by atoms with Gasteiger partial charge in [0.05, 0.1) is 6.10 Å². The summed E-state index contributed by atoms with van der Waals surface area (Å²) in [6, 6.07) is 0. The quantitative estimate of drug-likeness (QED) is 0.699. The number of ether oxygens (including phenoxy) is 2. The molecule has 0 heterocycles. The standard InChI is InChI=1S/C8H14O2.C3H8O.C2H6/c1-7-2-3-8(6-7)10-5-4-9;1-3-4-2;1-2/h4,7-8H,2-3,5-6H2,1H3;3H2,1-2H3;1-2H3. The molecule has 1 rings (SSSR count). The van der Waals surface area contributed by atoms with Gasteiger partial charge in [-0.05, 0) is 32.1 Å². The first-order chi connectivity index (χ1) is 7.74. The van der Waals surface area contributed by atoms with E-state index in [4.69, 9.17) is 4.74 Å². The van der Waals surface area contributed by atoms with Gasteiger partial charge in [-0.25, -0.2) is 0 Å². The van der Waals surface area contributed by atoms with E-state index in [2.05, 4.69) is 11.7 Å². The Bertz CT molecular complexity index is 135. The Morgan fingerprint density at radius 1 is 1.31 bits per heavy atom. The van der Waals surface area contributed by atoms with E-state index in [1.807, 2.05) is 20.8 Å². The summed E-state index contributed by atoms with van der Waals surface area (Å²) in [6.45, 7) is 9.28. The van der Waals surface area contributed by atoms with Gasteiger partial charge in [-0.15, -0.1) is 0 Å². The molecule has 3 nitrogen and oxygen atoms in total. The molecule has 16 heavy (non-hydrogen) atoms. The van der Waals surface area contributed by atoms with Crippen LogP contribution < -0.4 is 0 Å². The zero-order valence-electron chi connectivity index (χ0n) is 11.5. The molecule has 0 aliphatic heterocycles. The van der Waals surface area contributed by atoms with Crippen molar-refractivity contribution in [2.24, 2.45) is 5.92 Å². The number of aldehydes is 1. The highest BCUT2D eigenvalue weighted by Crippen LogP contribution is 2.26. The van der Waals surface area contributed by atoms with E-state index >= 15 is 0 Å². The molecule has 0 radical (unpaired) electrons. The molecule has 1 saturated carbocycles. The molecule has 0 amide bonds. The maximum atomic E-state index is 9.92. The molecule has 0 spiro atoms. The molecule has 1 aliphatic rings. The molecular formula is C13H28O3. The summed E-state index contributed by atoms with van der Waals surface area (Å²) in [5, 5.41) is 0. The number of methoxy groups -OCH3 is 1. The lowest BCUT2D eigenvalue weighted by atomic mass is 10.1. The summed E-state index contributed by atoms with van der Waals surface area (Å²) < 4.78 is 9.80. The van der Waals surface area contributed by atoms with E-state index in [1.165, 1.54) is 6.42 Å². The van der Waals surface area contributed by atoms with Crippen molar-refractivity contribution in [3.8, 4) is 0 Å². The Morgan fingerprint density at radius 3 is 2.19 bits per heavy atom. The molecule has 0 bridgehead atoms. The normalized spacial score (nSPS) is 22.6. The van der Waals surface area contributed by atoms with Crippen LogP contribution in [0.4, 0.5) is 0 Å². The third kappa shape index (κ3) is 11.7. The minimum atomic E-state index is 0.275. The average Bonchev–Trinajstić information content (AvgIpc) is 2.75. The monoisotopic (exact) mass is 232 g/mol. The Kier molecular flexibility index (Phi) is 16.4. The van der Waals surface area contributed by atoms with Gasteiger partial charge in [0, 0.05) is 13.7 Å². The third-order valence-electron chi connectivity index (χ3n) is 2.34. The van der Waals surface area contributed by atoms with E-state index < -0.39 is 0 Å². The van der Waals surface area contributed by atoms with E-state index in [1.54, 1.807) is 7.11 Å². The fourth-order valence-electron chi connectivity index (χ4n) is 1.48. The Balaban J connectivity index is 0. The first-order valence-corrected chi connectivity index (χ1v) is 6.28. The SMILES string of the molecule is CC.CC1CCC(OCC=O)C1.CCOC. The molecule has 0 N–H and O–H groups in total. The molecule has 2 unspecified atom stereocenters. The Morgan fingerprint density at radius 2 is 1.88 bits per heavy atom. The minimum Gasteiger partial charge on any atom is -0.385 e.